The smallest absolute Gasteiger partial charge is 0.237 e. The standard InChI is InChI=1S/C14H20FN3O/c1-11(18-8-6-16-7-9-18)14(19)17-10-12-4-2-3-5-13(12)15/h2-5,11,16H,6-10H2,1H3,(H,17,19). The summed E-state index contributed by atoms with van der Waals surface area (Å²) in [6.45, 7) is 5.68. The monoisotopic (exact) mass is 265 g/mol. The number of piperazine rings is 1. The van der Waals surface area contributed by atoms with E-state index in [9.17, 15) is 9.18 Å². The molecule has 2 N–H and O–H groups in total. The lowest BCUT2D eigenvalue weighted by atomic mass is 10.2. The Kier molecular flexibility index (Phi) is 4.87. The van der Waals surface area contributed by atoms with Crippen LogP contribution in [0.1, 0.15) is 12.5 Å². The van der Waals surface area contributed by atoms with Crippen LogP contribution >= 0.6 is 0 Å². The van der Waals surface area contributed by atoms with E-state index in [0.717, 1.165) is 26.2 Å². The van der Waals surface area contributed by atoms with Gasteiger partial charge < -0.3 is 10.6 Å². The van der Waals surface area contributed by atoms with Crippen molar-refractivity contribution in [3.05, 3.63) is 35.6 Å². The van der Waals surface area contributed by atoms with Crippen molar-refractivity contribution in [3.8, 4) is 0 Å². The van der Waals surface area contributed by atoms with Gasteiger partial charge in [-0.15, -0.1) is 0 Å². The second-order valence-electron chi connectivity index (χ2n) is 4.77. The number of nitrogens with zero attached hydrogens (tertiary/aromatic N) is 1. The Morgan fingerprint density at radius 3 is 2.79 bits per heavy atom. The van der Waals surface area contributed by atoms with Gasteiger partial charge in [0.2, 0.25) is 5.91 Å². The van der Waals surface area contributed by atoms with Gasteiger partial charge in [0, 0.05) is 38.3 Å². The quantitative estimate of drug-likeness (QED) is 0.844. The molecule has 4 nitrogen and oxygen atoms in total. The summed E-state index contributed by atoms with van der Waals surface area (Å²) in [6, 6.07) is 6.33. The average Bonchev–Trinajstić information content (AvgIpc) is 2.46. The molecule has 1 amide bonds. The first-order valence-corrected chi connectivity index (χ1v) is 6.64. The lowest BCUT2D eigenvalue weighted by Gasteiger charge is -2.31. The van der Waals surface area contributed by atoms with Crippen LogP contribution in [-0.4, -0.2) is 43.0 Å². The molecule has 1 aliphatic rings. The van der Waals surface area contributed by atoms with Crippen molar-refractivity contribution in [1.82, 2.24) is 15.5 Å². The summed E-state index contributed by atoms with van der Waals surface area (Å²) >= 11 is 0. The van der Waals surface area contributed by atoms with Crippen molar-refractivity contribution < 1.29 is 9.18 Å². The minimum Gasteiger partial charge on any atom is -0.351 e. The number of halogens is 1. The Balaban J connectivity index is 1.85. The van der Waals surface area contributed by atoms with Gasteiger partial charge in [0.1, 0.15) is 5.82 Å². The Hall–Kier alpha value is -1.46. The molecule has 1 aliphatic heterocycles. The topological polar surface area (TPSA) is 44.4 Å². The second kappa shape index (κ2) is 6.63. The van der Waals surface area contributed by atoms with E-state index in [-0.39, 0.29) is 24.3 Å². The zero-order chi connectivity index (χ0) is 13.7. The van der Waals surface area contributed by atoms with Gasteiger partial charge >= 0.3 is 0 Å². The summed E-state index contributed by atoms with van der Waals surface area (Å²) in [7, 11) is 0. The van der Waals surface area contributed by atoms with Crippen molar-refractivity contribution in [1.29, 1.82) is 0 Å². The Morgan fingerprint density at radius 2 is 2.11 bits per heavy atom. The van der Waals surface area contributed by atoms with E-state index in [1.807, 2.05) is 6.92 Å². The third kappa shape index (κ3) is 3.75. The Bertz CT molecular complexity index is 432. The molecule has 0 aromatic heterocycles. The predicted molar refractivity (Wildman–Crippen MR) is 72.2 cm³/mol. The Morgan fingerprint density at radius 1 is 1.42 bits per heavy atom. The van der Waals surface area contributed by atoms with E-state index in [1.54, 1.807) is 18.2 Å². The van der Waals surface area contributed by atoms with Crippen molar-refractivity contribution in [2.45, 2.75) is 19.5 Å². The summed E-state index contributed by atoms with van der Waals surface area (Å²) < 4.78 is 13.4. The number of benzene rings is 1. The molecule has 0 radical (unpaired) electrons. The zero-order valence-corrected chi connectivity index (χ0v) is 11.2. The van der Waals surface area contributed by atoms with Crippen LogP contribution in [0.15, 0.2) is 24.3 Å². The lowest BCUT2D eigenvalue weighted by Crippen LogP contribution is -2.52. The van der Waals surface area contributed by atoms with Crippen LogP contribution in [0.4, 0.5) is 4.39 Å². The van der Waals surface area contributed by atoms with Crippen molar-refractivity contribution in [2.24, 2.45) is 0 Å². The number of hydrogen-bond acceptors (Lipinski definition) is 3. The molecule has 1 atom stereocenters. The number of amides is 1. The summed E-state index contributed by atoms with van der Waals surface area (Å²) in [6.07, 6.45) is 0. The fourth-order valence-corrected chi connectivity index (χ4v) is 2.21. The molecular weight excluding hydrogens is 245 g/mol. The molecule has 2 rings (SSSR count). The molecule has 0 bridgehead atoms. The largest absolute Gasteiger partial charge is 0.351 e. The minimum absolute atomic E-state index is 0.0508. The third-order valence-corrected chi connectivity index (χ3v) is 3.49. The lowest BCUT2D eigenvalue weighted by molar-refractivity contribution is -0.126. The molecule has 0 aliphatic carbocycles. The van der Waals surface area contributed by atoms with Gasteiger partial charge in [-0.1, -0.05) is 18.2 Å². The average molecular weight is 265 g/mol. The minimum atomic E-state index is -0.280. The van der Waals surface area contributed by atoms with E-state index in [0.29, 0.717) is 5.56 Å². The summed E-state index contributed by atoms with van der Waals surface area (Å²) in [5, 5.41) is 6.05. The van der Waals surface area contributed by atoms with E-state index in [4.69, 9.17) is 0 Å². The highest BCUT2D eigenvalue weighted by molar-refractivity contribution is 5.81. The molecule has 1 saturated heterocycles. The second-order valence-corrected chi connectivity index (χ2v) is 4.77. The highest BCUT2D eigenvalue weighted by Crippen LogP contribution is 2.06. The zero-order valence-electron chi connectivity index (χ0n) is 11.2. The molecule has 104 valence electrons. The normalized spacial score (nSPS) is 18.0. The van der Waals surface area contributed by atoms with E-state index >= 15 is 0 Å². The van der Waals surface area contributed by atoms with E-state index in [2.05, 4.69) is 15.5 Å². The van der Waals surface area contributed by atoms with Crippen molar-refractivity contribution >= 4 is 5.91 Å². The Labute approximate surface area is 113 Å². The fourth-order valence-electron chi connectivity index (χ4n) is 2.21. The molecule has 19 heavy (non-hydrogen) atoms. The number of rotatable bonds is 4. The molecule has 5 heteroatoms. The molecule has 1 aromatic carbocycles. The van der Waals surface area contributed by atoms with E-state index < -0.39 is 0 Å². The van der Waals surface area contributed by atoms with Crippen molar-refractivity contribution in [2.75, 3.05) is 26.2 Å². The summed E-state index contributed by atoms with van der Waals surface area (Å²) in [4.78, 5) is 14.2. The summed E-state index contributed by atoms with van der Waals surface area (Å²) in [5.74, 6) is -0.331. The summed E-state index contributed by atoms with van der Waals surface area (Å²) in [5.41, 5.74) is 0.517. The molecular formula is C14H20FN3O. The highest BCUT2D eigenvalue weighted by atomic mass is 19.1. The van der Waals surface area contributed by atoms with Gasteiger partial charge in [0.05, 0.1) is 6.04 Å². The SMILES string of the molecule is CC(C(=O)NCc1ccccc1F)N1CCNCC1. The first-order chi connectivity index (χ1) is 9.18. The first kappa shape index (κ1) is 14.0. The number of carbonyl (C=O) groups is 1. The number of nitrogens with one attached hydrogen (secondary N) is 2. The van der Waals surface area contributed by atoms with Crippen LogP contribution in [0.2, 0.25) is 0 Å². The molecule has 0 spiro atoms. The molecule has 1 unspecified atom stereocenters. The fraction of sp³-hybridized carbons (Fsp3) is 0.500. The first-order valence-electron chi connectivity index (χ1n) is 6.64. The third-order valence-electron chi connectivity index (χ3n) is 3.49. The molecule has 1 aromatic rings. The van der Waals surface area contributed by atoms with Gasteiger partial charge in [-0.25, -0.2) is 4.39 Å². The maximum Gasteiger partial charge on any atom is 0.237 e. The van der Waals surface area contributed by atoms with Gasteiger partial charge in [-0.3, -0.25) is 9.69 Å². The number of hydrogen-bond donors (Lipinski definition) is 2. The predicted octanol–water partition coefficient (Wildman–Crippen LogP) is 0.736. The van der Waals surface area contributed by atoms with Gasteiger partial charge in [0.15, 0.2) is 0 Å². The molecule has 1 heterocycles. The van der Waals surface area contributed by atoms with Crippen LogP contribution in [0.3, 0.4) is 0 Å². The van der Waals surface area contributed by atoms with Crippen LogP contribution in [0.25, 0.3) is 0 Å². The van der Waals surface area contributed by atoms with Gasteiger partial charge in [-0.05, 0) is 13.0 Å². The van der Waals surface area contributed by atoms with Crippen LogP contribution in [0.5, 0.6) is 0 Å². The molecule has 0 saturated carbocycles. The van der Waals surface area contributed by atoms with Crippen LogP contribution in [0, 0.1) is 5.82 Å². The van der Waals surface area contributed by atoms with Gasteiger partial charge in [-0.2, -0.15) is 0 Å². The van der Waals surface area contributed by atoms with Crippen LogP contribution < -0.4 is 10.6 Å². The van der Waals surface area contributed by atoms with Crippen LogP contribution in [-0.2, 0) is 11.3 Å². The number of carbonyl (C=O) groups excluding carboxylic acids is 1. The molecule has 1 fully saturated rings. The maximum atomic E-state index is 13.4. The van der Waals surface area contributed by atoms with Gasteiger partial charge in [0.25, 0.3) is 0 Å². The van der Waals surface area contributed by atoms with E-state index in [1.165, 1.54) is 6.07 Å². The van der Waals surface area contributed by atoms with Crippen molar-refractivity contribution in [3.63, 3.8) is 0 Å². The highest BCUT2D eigenvalue weighted by Gasteiger charge is 2.22. The maximum absolute atomic E-state index is 13.4.